The Kier molecular flexibility index (Phi) is 3.65. The summed E-state index contributed by atoms with van der Waals surface area (Å²) in [5.74, 6) is 0. The van der Waals surface area contributed by atoms with E-state index in [1.54, 1.807) is 0 Å². The zero-order valence-corrected chi connectivity index (χ0v) is 11.4. The minimum Gasteiger partial charge on any atom is -0.398 e. The van der Waals surface area contributed by atoms with E-state index in [1.165, 1.54) is 11.4 Å². The van der Waals surface area contributed by atoms with Crippen LogP contribution in [0.2, 0.25) is 0 Å². The molecule has 0 amide bonds. The number of anilines is 2. The van der Waals surface area contributed by atoms with E-state index in [1.807, 2.05) is 0 Å². The Hall–Kier alpha value is -1.74. The van der Waals surface area contributed by atoms with E-state index in [4.69, 9.17) is 5.73 Å². The average molecular weight is 322 g/mol. The van der Waals surface area contributed by atoms with Gasteiger partial charge in [-0.25, -0.2) is 8.42 Å². The Morgan fingerprint density at radius 3 is 2.20 bits per heavy atom. The van der Waals surface area contributed by atoms with Gasteiger partial charge in [0.05, 0.1) is 5.56 Å². The van der Waals surface area contributed by atoms with E-state index in [-0.39, 0.29) is 9.90 Å². The van der Waals surface area contributed by atoms with Gasteiger partial charge in [0.25, 0.3) is 10.0 Å². The van der Waals surface area contributed by atoms with E-state index in [2.05, 4.69) is 4.72 Å². The molecular formula is C11H9F3N2O2S2. The van der Waals surface area contributed by atoms with E-state index >= 15 is 0 Å². The molecule has 0 bridgehead atoms. The summed E-state index contributed by atoms with van der Waals surface area (Å²) in [4.78, 5) is 0. The van der Waals surface area contributed by atoms with Crippen LogP contribution in [0.5, 0.6) is 0 Å². The second-order valence-corrected chi connectivity index (χ2v) is 6.70. The van der Waals surface area contributed by atoms with Crippen LogP contribution >= 0.6 is 11.3 Å². The zero-order chi connectivity index (χ0) is 15.0. The van der Waals surface area contributed by atoms with Crippen molar-refractivity contribution in [2.45, 2.75) is 10.4 Å². The summed E-state index contributed by atoms with van der Waals surface area (Å²) < 4.78 is 63.1. The topological polar surface area (TPSA) is 72.2 Å². The third-order valence-electron chi connectivity index (χ3n) is 2.32. The highest BCUT2D eigenvalue weighted by atomic mass is 32.2. The summed E-state index contributed by atoms with van der Waals surface area (Å²) in [6.07, 6.45) is -4.46. The monoisotopic (exact) mass is 322 g/mol. The second kappa shape index (κ2) is 4.98. The summed E-state index contributed by atoms with van der Waals surface area (Å²) in [6.45, 7) is 0. The predicted octanol–water partition coefficient (Wildman–Crippen LogP) is 3.15. The van der Waals surface area contributed by atoms with Gasteiger partial charge in [-0.2, -0.15) is 13.2 Å². The number of nitrogen functional groups attached to an aromatic ring is 1. The molecule has 0 saturated carbocycles. The van der Waals surface area contributed by atoms with Crippen LogP contribution in [0.25, 0.3) is 0 Å². The molecule has 0 atom stereocenters. The fraction of sp³-hybridized carbons (Fsp3) is 0.0909. The Labute approximate surface area is 117 Å². The van der Waals surface area contributed by atoms with Gasteiger partial charge in [0.15, 0.2) is 0 Å². The first-order valence-electron chi connectivity index (χ1n) is 5.22. The molecule has 1 aromatic carbocycles. The van der Waals surface area contributed by atoms with Crippen molar-refractivity contribution < 1.29 is 21.6 Å². The molecular weight excluding hydrogens is 313 g/mol. The number of rotatable bonds is 3. The smallest absolute Gasteiger partial charge is 0.398 e. The lowest BCUT2D eigenvalue weighted by Gasteiger charge is -2.09. The van der Waals surface area contributed by atoms with Crippen molar-refractivity contribution >= 4 is 32.7 Å². The second-order valence-electron chi connectivity index (χ2n) is 3.88. The van der Waals surface area contributed by atoms with Gasteiger partial charge in [0.2, 0.25) is 0 Å². The van der Waals surface area contributed by atoms with Crippen molar-refractivity contribution in [3.63, 3.8) is 0 Å². The van der Waals surface area contributed by atoms with Crippen molar-refractivity contribution in [3.05, 3.63) is 41.3 Å². The molecule has 0 unspecified atom stereocenters. The molecule has 2 aromatic rings. The minimum absolute atomic E-state index is 0.00472. The van der Waals surface area contributed by atoms with Crippen LogP contribution in [0.4, 0.5) is 24.5 Å². The van der Waals surface area contributed by atoms with Crippen LogP contribution in [-0.2, 0) is 16.2 Å². The average Bonchev–Trinajstić information content (AvgIpc) is 2.76. The molecule has 0 aliphatic carbocycles. The number of hydrogen-bond donors (Lipinski definition) is 2. The summed E-state index contributed by atoms with van der Waals surface area (Å²) in [7, 11) is -3.83. The number of hydrogen-bond acceptors (Lipinski definition) is 4. The quantitative estimate of drug-likeness (QED) is 0.912. The van der Waals surface area contributed by atoms with Crippen molar-refractivity contribution in [1.29, 1.82) is 0 Å². The maximum absolute atomic E-state index is 12.4. The number of sulfonamides is 1. The van der Waals surface area contributed by atoms with Crippen molar-refractivity contribution in [2.24, 2.45) is 0 Å². The first kappa shape index (κ1) is 14.7. The lowest BCUT2D eigenvalue weighted by Crippen LogP contribution is -2.12. The standard InChI is InChI=1S/C11H9F3N2O2S2/c12-11(13,14)7-1-3-9(4-2-7)16-20(17,18)10-5-8(15)6-19-10/h1-6,16H,15H2. The summed E-state index contributed by atoms with van der Waals surface area (Å²) >= 11 is 0.928. The van der Waals surface area contributed by atoms with Gasteiger partial charge in [0.1, 0.15) is 4.21 Å². The Balaban J connectivity index is 2.22. The molecule has 0 fully saturated rings. The molecule has 108 valence electrons. The van der Waals surface area contributed by atoms with Crippen molar-refractivity contribution in [2.75, 3.05) is 10.5 Å². The van der Waals surface area contributed by atoms with Crippen molar-refractivity contribution in [1.82, 2.24) is 0 Å². The normalized spacial score (nSPS) is 12.3. The maximum Gasteiger partial charge on any atom is 0.416 e. The molecule has 2 rings (SSSR count). The maximum atomic E-state index is 12.4. The molecule has 0 aliphatic heterocycles. The number of halogens is 3. The lowest BCUT2D eigenvalue weighted by molar-refractivity contribution is -0.137. The first-order valence-corrected chi connectivity index (χ1v) is 7.59. The van der Waals surface area contributed by atoms with Crippen LogP contribution in [-0.4, -0.2) is 8.42 Å². The first-order chi connectivity index (χ1) is 9.18. The number of thiophene rings is 1. The summed E-state index contributed by atoms with van der Waals surface area (Å²) in [6, 6.07) is 4.99. The van der Waals surface area contributed by atoms with Crippen LogP contribution < -0.4 is 10.5 Å². The lowest BCUT2D eigenvalue weighted by atomic mass is 10.2. The van der Waals surface area contributed by atoms with Crippen molar-refractivity contribution in [3.8, 4) is 0 Å². The van der Waals surface area contributed by atoms with Crippen LogP contribution in [0, 0.1) is 0 Å². The Morgan fingerprint density at radius 1 is 1.15 bits per heavy atom. The van der Waals surface area contributed by atoms with E-state index in [0.717, 1.165) is 35.6 Å². The third-order valence-corrected chi connectivity index (χ3v) is 5.16. The van der Waals surface area contributed by atoms with Gasteiger partial charge < -0.3 is 5.73 Å². The molecule has 0 spiro atoms. The van der Waals surface area contributed by atoms with E-state index in [9.17, 15) is 21.6 Å². The predicted molar refractivity (Wildman–Crippen MR) is 71.0 cm³/mol. The molecule has 1 heterocycles. The molecule has 0 radical (unpaired) electrons. The SMILES string of the molecule is Nc1csc(S(=O)(=O)Nc2ccc(C(F)(F)F)cc2)c1. The van der Waals surface area contributed by atoms with Gasteiger partial charge in [-0.05, 0) is 30.3 Å². The van der Waals surface area contributed by atoms with Gasteiger partial charge >= 0.3 is 6.18 Å². The van der Waals surface area contributed by atoms with Crippen LogP contribution in [0.3, 0.4) is 0 Å². The molecule has 1 aromatic heterocycles. The fourth-order valence-electron chi connectivity index (χ4n) is 1.40. The van der Waals surface area contributed by atoms with Gasteiger partial charge in [-0.1, -0.05) is 0 Å². The number of nitrogens with two attached hydrogens (primary N) is 1. The number of alkyl halides is 3. The molecule has 20 heavy (non-hydrogen) atoms. The molecule has 0 saturated heterocycles. The molecule has 3 N–H and O–H groups in total. The summed E-state index contributed by atoms with van der Waals surface area (Å²) in [5.41, 5.74) is 4.94. The van der Waals surface area contributed by atoms with E-state index < -0.39 is 21.8 Å². The highest BCUT2D eigenvalue weighted by Crippen LogP contribution is 2.30. The number of benzene rings is 1. The third kappa shape index (κ3) is 3.23. The van der Waals surface area contributed by atoms with Gasteiger partial charge in [-0.15, -0.1) is 11.3 Å². The van der Waals surface area contributed by atoms with Crippen LogP contribution in [0.15, 0.2) is 39.9 Å². The molecule has 4 nitrogen and oxygen atoms in total. The van der Waals surface area contributed by atoms with Gasteiger partial charge in [0, 0.05) is 16.8 Å². The highest BCUT2D eigenvalue weighted by Gasteiger charge is 2.30. The van der Waals surface area contributed by atoms with Crippen LogP contribution in [0.1, 0.15) is 5.56 Å². The van der Waals surface area contributed by atoms with Gasteiger partial charge in [-0.3, -0.25) is 4.72 Å². The minimum atomic E-state index is -4.46. The molecule has 0 aliphatic rings. The molecule has 9 heteroatoms. The Morgan fingerprint density at radius 2 is 1.75 bits per heavy atom. The Bertz CT molecular complexity index is 706. The summed E-state index contributed by atoms with van der Waals surface area (Å²) in [5, 5.41) is 1.46. The highest BCUT2D eigenvalue weighted by molar-refractivity contribution is 7.94. The van der Waals surface area contributed by atoms with E-state index in [0.29, 0.717) is 5.69 Å². The fourth-order valence-corrected chi connectivity index (χ4v) is 3.54. The zero-order valence-electron chi connectivity index (χ0n) is 9.81. The largest absolute Gasteiger partial charge is 0.416 e. The number of nitrogens with one attached hydrogen (secondary N) is 1.